The van der Waals surface area contributed by atoms with E-state index >= 15 is 0 Å². The smallest absolute Gasteiger partial charge is 0.254 e. The first-order valence-electron chi connectivity index (χ1n) is 11.3. The summed E-state index contributed by atoms with van der Waals surface area (Å²) in [6.45, 7) is 6.80. The highest BCUT2D eigenvalue weighted by Gasteiger charge is 2.36. The van der Waals surface area contributed by atoms with E-state index in [0.717, 1.165) is 12.0 Å². The van der Waals surface area contributed by atoms with Gasteiger partial charge < -0.3 is 14.5 Å². The maximum Gasteiger partial charge on any atom is 0.254 e. The minimum Gasteiger partial charge on any atom is -0.491 e. The molecule has 34 heavy (non-hydrogen) atoms. The molecule has 4 rings (SSSR count). The van der Waals surface area contributed by atoms with Crippen LogP contribution in [0.3, 0.4) is 0 Å². The Bertz CT molecular complexity index is 1140. The van der Waals surface area contributed by atoms with E-state index in [9.17, 15) is 9.59 Å². The molecule has 1 aliphatic heterocycles. The molecule has 2 aromatic carbocycles. The second-order valence-electron chi connectivity index (χ2n) is 9.35. The van der Waals surface area contributed by atoms with Crippen molar-refractivity contribution in [3.05, 3.63) is 87.1 Å². The van der Waals surface area contributed by atoms with E-state index in [1.807, 2.05) is 56.0 Å². The number of rotatable bonds is 6. The van der Waals surface area contributed by atoms with Crippen molar-refractivity contribution in [2.75, 3.05) is 19.7 Å². The second-order valence-corrected chi connectivity index (χ2v) is 10.8. The number of carbonyl (C=O) groups excluding carboxylic acids is 2. The lowest BCUT2D eigenvalue weighted by Gasteiger charge is -2.40. The molecule has 2 heterocycles. The van der Waals surface area contributed by atoms with Crippen molar-refractivity contribution in [2.24, 2.45) is 0 Å². The lowest BCUT2D eigenvalue weighted by molar-refractivity contribution is -0.136. The Morgan fingerprint density at radius 2 is 1.79 bits per heavy atom. The molecule has 0 radical (unpaired) electrons. The van der Waals surface area contributed by atoms with Gasteiger partial charge in [-0.1, -0.05) is 29.8 Å². The summed E-state index contributed by atoms with van der Waals surface area (Å²) in [6, 6.07) is 18.2. The Kier molecular flexibility index (Phi) is 7.29. The molecule has 7 heteroatoms. The van der Waals surface area contributed by atoms with Gasteiger partial charge in [-0.05, 0) is 80.6 Å². The van der Waals surface area contributed by atoms with E-state index < -0.39 is 5.54 Å². The molecule has 0 aliphatic carbocycles. The van der Waals surface area contributed by atoms with E-state index in [2.05, 4.69) is 11.4 Å². The molecule has 1 aromatic heterocycles. The first kappa shape index (κ1) is 24.3. The van der Waals surface area contributed by atoms with Crippen LogP contribution in [0.15, 0.2) is 66.0 Å². The highest BCUT2D eigenvalue weighted by Crippen LogP contribution is 2.34. The fraction of sp³-hybridized carbons (Fsp3) is 0.333. The highest BCUT2D eigenvalue weighted by molar-refractivity contribution is 7.10. The van der Waals surface area contributed by atoms with E-state index in [1.54, 1.807) is 40.5 Å². The van der Waals surface area contributed by atoms with Gasteiger partial charge in [-0.25, -0.2) is 0 Å². The fourth-order valence-corrected chi connectivity index (χ4v) is 5.21. The minimum absolute atomic E-state index is 0.00808. The van der Waals surface area contributed by atoms with Crippen LogP contribution in [0.5, 0.6) is 5.75 Å². The van der Waals surface area contributed by atoms with Gasteiger partial charge in [-0.2, -0.15) is 0 Å². The van der Waals surface area contributed by atoms with Gasteiger partial charge >= 0.3 is 0 Å². The summed E-state index contributed by atoms with van der Waals surface area (Å²) in [7, 11) is 0. The molecule has 0 saturated carbocycles. The maximum atomic E-state index is 13.7. The number of benzene rings is 2. The zero-order chi connectivity index (χ0) is 24.3. The SMILES string of the molecule is CC(C)(C)N(CC(=O)N1CCc2sccc2[C@@H]1COc1ccc(Cl)cc1)C(=O)c1ccccc1. The molecule has 2 amide bonds. The van der Waals surface area contributed by atoms with Crippen LogP contribution in [-0.2, 0) is 11.2 Å². The normalized spacial score (nSPS) is 15.5. The second kappa shape index (κ2) is 10.2. The quantitative estimate of drug-likeness (QED) is 0.430. The summed E-state index contributed by atoms with van der Waals surface area (Å²) >= 11 is 7.70. The zero-order valence-electron chi connectivity index (χ0n) is 19.7. The van der Waals surface area contributed by atoms with E-state index in [0.29, 0.717) is 29.5 Å². The lowest BCUT2D eigenvalue weighted by atomic mass is 9.99. The monoisotopic (exact) mass is 496 g/mol. The van der Waals surface area contributed by atoms with Crippen molar-refractivity contribution in [2.45, 2.75) is 38.8 Å². The van der Waals surface area contributed by atoms with Crippen LogP contribution in [0.4, 0.5) is 0 Å². The van der Waals surface area contributed by atoms with Crippen LogP contribution in [0.2, 0.25) is 5.02 Å². The lowest BCUT2D eigenvalue weighted by Crippen LogP contribution is -2.53. The summed E-state index contributed by atoms with van der Waals surface area (Å²) in [5.74, 6) is 0.471. The predicted molar refractivity (Wildman–Crippen MR) is 137 cm³/mol. The first-order valence-corrected chi connectivity index (χ1v) is 12.6. The van der Waals surface area contributed by atoms with Gasteiger partial charge in [0.15, 0.2) is 0 Å². The standard InChI is InChI=1S/C27H29ClN2O3S/c1-27(2,3)30(26(32)19-7-5-4-6-8-19)17-25(31)29-15-13-24-22(14-16-34-24)23(29)18-33-21-11-9-20(28)10-12-21/h4-12,14,16,23H,13,15,17-18H2,1-3H3/t23-/m0/s1. The van der Waals surface area contributed by atoms with Crippen LogP contribution in [0.1, 0.15) is 47.6 Å². The molecule has 0 unspecified atom stereocenters. The largest absolute Gasteiger partial charge is 0.491 e. The number of amides is 2. The van der Waals surface area contributed by atoms with Crippen molar-refractivity contribution in [3.8, 4) is 5.75 Å². The molecule has 0 fully saturated rings. The number of nitrogens with zero attached hydrogens (tertiary/aromatic N) is 2. The fourth-order valence-electron chi connectivity index (χ4n) is 4.16. The molecule has 1 atom stereocenters. The molecule has 0 spiro atoms. The molecular formula is C27H29ClN2O3S. The first-order chi connectivity index (χ1) is 16.2. The van der Waals surface area contributed by atoms with Crippen LogP contribution in [0.25, 0.3) is 0 Å². The van der Waals surface area contributed by atoms with E-state index in [4.69, 9.17) is 16.3 Å². The van der Waals surface area contributed by atoms with Gasteiger partial charge in [0.25, 0.3) is 5.91 Å². The Labute approximate surface area is 209 Å². The number of hydrogen-bond donors (Lipinski definition) is 0. The Morgan fingerprint density at radius 3 is 2.47 bits per heavy atom. The molecule has 0 N–H and O–H groups in total. The Balaban J connectivity index is 1.55. The summed E-state index contributed by atoms with van der Waals surface area (Å²) in [6.07, 6.45) is 0.804. The summed E-state index contributed by atoms with van der Waals surface area (Å²) in [4.78, 5) is 31.8. The van der Waals surface area contributed by atoms with Crippen molar-refractivity contribution in [1.82, 2.24) is 9.80 Å². The number of ether oxygens (including phenoxy) is 1. The number of fused-ring (bicyclic) bond motifs is 1. The number of thiophene rings is 1. The molecule has 0 saturated heterocycles. The zero-order valence-corrected chi connectivity index (χ0v) is 21.2. The van der Waals surface area contributed by atoms with E-state index in [-0.39, 0.29) is 24.4 Å². The van der Waals surface area contributed by atoms with Crippen LogP contribution >= 0.6 is 22.9 Å². The average molecular weight is 497 g/mol. The maximum absolute atomic E-state index is 13.7. The van der Waals surface area contributed by atoms with Crippen molar-refractivity contribution >= 4 is 34.8 Å². The van der Waals surface area contributed by atoms with Gasteiger partial charge in [0.1, 0.15) is 18.9 Å². The predicted octanol–water partition coefficient (Wildman–Crippen LogP) is 5.85. The summed E-state index contributed by atoms with van der Waals surface area (Å²) < 4.78 is 6.07. The third-order valence-corrected chi connectivity index (χ3v) is 7.25. The van der Waals surface area contributed by atoms with E-state index in [1.165, 1.54) is 4.88 Å². The number of hydrogen-bond acceptors (Lipinski definition) is 4. The van der Waals surface area contributed by atoms with Crippen molar-refractivity contribution < 1.29 is 14.3 Å². The summed E-state index contributed by atoms with van der Waals surface area (Å²) in [5, 5.41) is 2.71. The molecule has 5 nitrogen and oxygen atoms in total. The highest BCUT2D eigenvalue weighted by atomic mass is 35.5. The van der Waals surface area contributed by atoms with Crippen LogP contribution in [0, 0.1) is 0 Å². The molecule has 3 aromatic rings. The topological polar surface area (TPSA) is 49.9 Å². The summed E-state index contributed by atoms with van der Waals surface area (Å²) in [5.41, 5.74) is 1.18. The molecular weight excluding hydrogens is 468 g/mol. The van der Waals surface area contributed by atoms with Gasteiger partial charge in [-0.3, -0.25) is 9.59 Å². The molecule has 1 aliphatic rings. The minimum atomic E-state index is -0.513. The van der Waals surface area contributed by atoms with Crippen LogP contribution < -0.4 is 4.74 Å². The number of carbonyl (C=O) groups is 2. The van der Waals surface area contributed by atoms with Gasteiger partial charge in [-0.15, -0.1) is 11.3 Å². The van der Waals surface area contributed by atoms with Crippen LogP contribution in [-0.4, -0.2) is 46.8 Å². The Hall–Kier alpha value is -2.83. The Morgan fingerprint density at radius 1 is 1.09 bits per heavy atom. The van der Waals surface area contributed by atoms with Gasteiger partial charge in [0.2, 0.25) is 5.91 Å². The average Bonchev–Trinajstić information content (AvgIpc) is 3.30. The third kappa shape index (κ3) is 5.45. The van der Waals surface area contributed by atoms with Gasteiger partial charge in [0, 0.05) is 27.5 Å². The number of halogens is 1. The van der Waals surface area contributed by atoms with Crippen molar-refractivity contribution in [1.29, 1.82) is 0 Å². The molecule has 0 bridgehead atoms. The van der Waals surface area contributed by atoms with Crippen molar-refractivity contribution in [3.63, 3.8) is 0 Å². The molecule has 178 valence electrons. The third-order valence-electron chi connectivity index (χ3n) is 6.01. The van der Waals surface area contributed by atoms with Gasteiger partial charge in [0.05, 0.1) is 6.04 Å².